The molecule has 0 bridgehead atoms. The van der Waals surface area contributed by atoms with E-state index >= 15 is 0 Å². The highest BCUT2D eigenvalue weighted by molar-refractivity contribution is 5.95. The van der Waals surface area contributed by atoms with Crippen LogP contribution < -0.4 is 4.90 Å². The van der Waals surface area contributed by atoms with Crippen LogP contribution in [-0.4, -0.2) is 42.8 Å². The molecule has 0 saturated carbocycles. The van der Waals surface area contributed by atoms with Crippen LogP contribution in [0.3, 0.4) is 0 Å². The SMILES string of the molecule is CC(=O)c1ccc(N2CCN(C(=O)c3ccc(C)cc3)CC2)c(F)c1. The number of carbonyl (C=O) groups excluding carboxylic acids is 2. The summed E-state index contributed by atoms with van der Waals surface area (Å²) < 4.78 is 14.3. The highest BCUT2D eigenvalue weighted by atomic mass is 19.1. The van der Waals surface area contributed by atoms with Crippen molar-refractivity contribution in [1.29, 1.82) is 0 Å². The molecular formula is C20H21FN2O2. The van der Waals surface area contributed by atoms with Gasteiger partial charge in [0.2, 0.25) is 0 Å². The van der Waals surface area contributed by atoms with Crippen LogP contribution in [0.15, 0.2) is 42.5 Å². The molecule has 1 amide bonds. The van der Waals surface area contributed by atoms with E-state index in [0.717, 1.165) is 5.56 Å². The summed E-state index contributed by atoms with van der Waals surface area (Å²) in [6, 6.07) is 12.1. The second-order valence-corrected chi connectivity index (χ2v) is 6.37. The first-order valence-electron chi connectivity index (χ1n) is 8.37. The Morgan fingerprint density at radius 3 is 2.08 bits per heavy atom. The lowest BCUT2D eigenvalue weighted by molar-refractivity contribution is 0.0746. The van der Waals surface area contributed by atoms with E-state index in [-0.39, 0.29) is 11.7 Å². The average Bonchev–Trinajstić information content (AvgIpc) is 2.62. The molecule has 0 unspecified atom stereocenters. The van der Waals surface area contributed by atoms with E-state index in [2.05, 4.69) is 0 Å². The van der Waals surface area contributed by atoms with Gasteiger partial charge in [-0.15, -0.1) is 0 Å². The molecule has 3 rings (SSSR count). The van der Waals surface area contributed by atoms with E-state index in [1.165, 1.54) is 13.0 Å². The van der Waals surface area contributed by atoms with Crippen molar-refractivity contribution >= 4 is 17.4 Å². The molecule has 25 heavy (non-hydrogen) atoms. The summed E-state index contributed by atoms with van der Waals surface area (Å²) in [5.74, 6) is -0.544. The zero-order valence-corrected chi connectivity index (χ0v) is 14.5. The highest BCUT2D eigenvalue weighted by Gasteiger charge is 2.23. The zero-order valence-electron chi connectivity index (χ0n) is 14.5. The van der Waals surface area contributed by atoms with E-state index in [0.29, 0.717) is 43.0 Å². The van der Waals surface area contributed by atoms with Gasteiger partial charge in [-0.3, -0.25) is 9.59 Å². The minimum Gasteiger partial charge on any atom is -0.366 e. The predicted molar refractivity (Wildman–Crippen MR) is 95.7 cm³/mol. The third kappa shape index (κ3) is 3.71. The van der Waals surface area contributed by atoms with Crippen molar-refractivity contribution in [3.8, 4) is 0 Å². The van der Waals surface area contributed by atoms with Crippen LogP contribution in [0.2, 0.25) is 0 Å². The molecule has 5 heteroatoms. The second kappa shape index (κ2) is 7.05. The van der Waals surface area contributed by atoms with Gasteiger partial charge in [0.15, 0.2) is 5.78 Å². The van der Waals surface area contributed by atoms with Crippen molar-refractivity contribution in [2.45, 2.75) is 13.8 Å². The van der Waals surface area contributed by atoms with Crippen LogP contribution in [-0.2, 0) is 0 Å². The lowest BCUT2D eigenvalue weighted by Crippen LogP contribution is -2.49. The molecule has 130 valence electrons. The number of hydrogen-bond donors (Lipinski definition) is 0. The second-order valence-electron chi connectivity index (χ2n) is 6.37. The van der Waals surface area contributed by atoms with Crippen LogP contribution in [0.4, 0.5) is 10.1 Å². The van der Waals surface area contributed by atoms with Crippen LogP contribution in [0.25, 0.3) is 0 Å². The van der Waals surface area contributed by atoms with E-state index in [1.54, 1.807) is 17.0 Å². The Kier molecular flexibility index (Phi) is 4.83. The first-order valence-corrected chi connectivity index (χ1v) is 8.37. The van der Waals surface area contributed by atoms with Gasteiger partial charge < -0.3 is 9.80 Å². The van der Waals surface area contributed by atoms with Gasteiger partial charge in [0.05, 0.1) is 5.69 Å². The molecule has 0 atom stereocenters. The van der Waals surface area contributed by atoms with Gasteiger partial charge in [-0.05, 0) is 44.2 Å². The van der Waals surface area contributed by atoms with Crippen LogP contribution >= 0.6 is 0 Å². The summed E-state index contributed by atoms with van der Waals surface area (Å²) in [6.07, 6.45) is 0. The van der Waals surface area contributed by atoms with E-state index in [1.807, 2.05) is 36.1 Å². The standard InChI is InChI=1S/C20H21FN2O2/c1-14-3-5-16(6-4-14)20(25)23-11-9-22(10-12-23)19-8-7-17(15(2)24)13-18(19)21/h3-8,13H,9-12H2,1-2H3. The number of halogens is 1. The van der Waals surface area contributed by atoms with Gasteiger partial charge in [-0.1, -0.05) is 17.7 Å². The fraction of sp³-hybridized carbons (Fsp3) is 0.300. The molecule has 1 aliphatic rings. The minimum atomic E-state index is -0.397. The predicted octanol–water partition coefficient (Wildman–Crippen LogP) is 3.30. The zero-order chi connectivity index (χ0) is 18.0. The third-order valence-corrected chi connectivity index (χ3v) is 4.56. The number of anilines is 1. The molecule has 0 spiro atoms. The first-order chi connectivity index (χ1) is 12.0. The molecule has 4 nitrogen and oxygen atoms in total. The fourth-order valence-electron chi connectivity index (χ4n) is 3.01. The van der Waals surface area contributed by atoms with Crippen LogP contribution in [0, 0.1) is 12.7 Å². The van der Waals surface area contributed by atoms with Crippen LogP contribution in [0.1, 0.15) is 33.2 Å². The van der Waals surface area contributed by atoms with Crippen LogP contribution in [0.5, 0.6) is 0 Å². The molecule has 2 aromatic carbocycles. The molecule has 0 radical (unpaired) electrons. The van der Waals surface area contributed by atoms with Gasteiger partial charge in [-0.2, -0.15) is 0 Å². The van der Waals surface area contributed by atoms with Gasteiger partial charge in [0, 0.05) is 37.3 Å². The van der Waals surface area contributed by atoms with Crippen molar-refractivity contribution in [3.63, 3.8) is 0 Å². The Labute approximate surface area is 146 Å². The Hall–Kier alpha value is -2.69. The van der Waals surface area contributed by atoms with Gasteiger partial charge in [0.1, 0.15) is 5.82 Å². The molecule has 1 saturated heterocycles. The Bertz CT molecular complexity index is 794. The fourth-order valence-corrected chi connectivity index (χ4v) is 3.01. The summed E-state index contributed by atoms with van der Waals surface area (Å²) in [4.78, 5) is 27.6. The number of benzene rings is 2. The number of rotatable bonds is 3. The number of hydrogen-bond acceptors (Lipinski definition) is 3. The first kappa shape index (κ1) is 17.1. The molecule has 2 aromatic rings. The van der Waals surface area contributed by atoms with E-state index < -0.39 is 5.82 Å². The number of carbonyl (C=O) groups is 2. The van der Waals surface area contributed by atoms with E-state index in [9.17, 15) is 14.0 Å². The Balaban J connectivity index is 1.66. The molecule has 1 heterocycles. The molecule has 0 aromatic heterocycles. The van der Waals surface area contributed by atoms with Crippen molar-refractivity contribution in [3.05, 3.63) is 65.0 Å². The summed E-state index contributed by atoms with van der Waals surface area (Å²) in [6.45, 7) is 5.62. The third-order valence-electron chi connectivity index (χ3n) is 4.56. The lowest BCUT2D eigenvalue weighted by atomic mass is 10.1. The maximum Gasteiger partial charge on any atom is 0.253 e. The van der Waals surface area contributed by atoms with Crippen molar-refractivity contribution < 1.29 is 14.0 Å². The Morgan fingerprint density at radius 1 is 0.920 bits per heavy atom. The number of piperazine rings is 1. The number of amides is 1. The highest BCUT2D eigenvalue weighted by Crippen LogP contribution is 2.23. The Morgan fingerprint density at radius 2 is 1.52 bits per heavy atom. The molecule has 1 aliphatic heterocycles. The quantitative estimate of drug-likeness (QED) is 0.805. The molecule has 1 fully saturated rings. The average molecular weight is 340 g/mol. The largest absolute Gasteiger partial charge is 0.366 e. The van der Waals surface area contributed by atoms with Crippen molar-refractivity contribution in [1.82, 2.24) is 4.90 Å². The number of aryl methyl sites for hydroxylation is 1. The van der Waals surface area contributed by atoms with Gasteiger partial charge in [-0.25, -0.2) is 4.39 Å². The maximum absolute atomic E-state index is 14.3. The maximum atomic E-state index is 14.3. The van der Waals surface area contributed by atoms with E-state index in [4.69, 9.17) is 0 Å². The summed E-state index contributed by atoms with van der Waals surface area (Å²) in [5, 5.41) is 0. The summed E-state index contributed by atoms with van der Waals surface area (Å²) in [7, 11) is 0. The van der Waals surface area contributed by atoms with Crippen molar-refractivity contribution in [2.75, 3.05) is 31.1 Å². The summed E-state index contributed by atoms with van der Waals surface area (Å²) in [5.41, 5.74) is 2.64. The van der Waals surface area contributed by atoms with Gasteiger partial charge >= 0.3 is 0 Å². The molecule has 0 N–H and O–H groups in total. The molecule has 0 aliphatic carbocycles. The lowest BCUT2D eigenvalue weighted by Gasteiger charge is -2.36. The number of nitrogens with zero attached hydrogens (tertiary/aromatic N) is 2. The minimum absolute atomic E-state index is 0.00653. The van der Waals surface area contributed by atoms with Gasteiger partial charge in [0.25, 0.3) is 5.91 Å². The number of Topliss-reactive ketones (excluding diaryl/α,β-unsaturated/α-hetero) is 1. The van der Waals surface area contributed by atoms with Crippen molar-refractivity contribution in [2.24, 2.45) is 0 Å². The number of ketones is 1. The smallest absolute Gasteiger partial charge is 0.253 e. The topological polar surface area (TPSA) is 40.6 Å². The monoisotopic (exact) mass is 340 g/mol. The molecular weight excluding hydrogens is 319 g/mol. The summed E-state index contributed by atoms with van der Waals surface area (Å²) >= 11 is 0. The normalized spacial score (nSPS) is 14.5.